The van der Waals surface area contributed by atoms with Crippen LogP contribution in [0.3, 0.4) is 0 Å². The molecule has 0 fully saturated rings. The first-order valence-corrected chi connectivity index (χ1v) is 3.88. The standard InChI is InChI=1S/C9H6FNO2/c10-7-3-1-2-5-6(7)4-8(11-13)9(5)12/h1-3,8H,4H2. The minimum Gasteiger partial charge on any atom is -0.292 e. The van der Waals surface area contributed by atoms with E-state index >= 15 is 0 Å². The van der Waals surface area contributed by atoms with Crippen molar-refractivity contribution in [1.29, 1.82) is 0 Å². The highest BCUT2D eigenvalue weighted by molar-refractivity contribution is 6.04. The third kappa shape index (κ3) is 1.06. The Hall–Kier alpha value is -1.58. The quantitative estimate of drug-likeness (QED) is 0.616. The Morgan fingerprint density at radius 3 is 2.85 bits per heavy atom. The van der Waals surface area contributed by atoms with E-state index in [0.29, 0.717) is 11.1 Å². The average molecular weight is 179 g/mol. The molecule has 1 aliphatic rings. The van der Waals surface area contributed by atoms with Gasteiger partial charge in [-0.25, -0.2) is 4.39 Å². The molecule has 4 heteroatoms. The van der Waals surface area contributed by atoms with E-state index in [4.69, 9.17) is 0 Å². The second kappa shape index (κ2) is 2.73. The Bertz CT molecular complexity index is 389. The van der Waals surface area contributed by atoms with Crippen LogP contribution in [0.15, 0.2) is 23.4 Å². The number of hydrogen-bond acceptors (Lipinski definition) is 3. The summed E-state index contributed by atoms with van der Waals surface area (Å²) in [5.41, 5.74) is 0.613. The fourth-order valence-electron chi connectivity index (χ4n) is 1.55. The van der Waals surface area contributed by atoms with Crippen LogP contribution >= 0.6 is 0 Å². The van der Waals surface area contributed by atoms with Crippen LogP contribution < -0.4 is 0 Å². The molecule has 0 saturated heterocycles. The van der Waals surface area contributed by atoms with E-state index in [-0.39, 0.29) is 12.2 Å². The maximum Gasteiger partial charge on any atom is 0.191 e. The van der Waals surface area contributed by atoms with Crippen LogP contribution in [0.1, 0.15) is 15.9 Å². The molecule has 66 valence electrons. The third-order valence-electron chi connectivity index (χ3n) is 2.21. The molecular formula is C9H6FNO2. The third-order valence-corrected chi connectivity index (χ3v) is 2.21. The first-order valence-electron chi connectivity index (χ1n) is 3.88. The van der Waals surface area contributed by atoms with Gasteiger partial charge in [-0.05, 0) is 6.07 Å². The topological polar surface area (TPSA) is 46.5 Å². The number of nitroso groups, excluding NO2 is 1. The van der Waals surface area contributed by atoms with E-state index in [1.165, 1.54) is 18.2 Å². The van der Waals surface area contributed by atoms with E-state index in [1.54, 1.807) is 0 Å². The minimum absolute atomic E-state index is 0.102. The lowest BCUT2D eigenvalue weighted by Crippen LogP contribution is -2.11. The highest BCUT2D eigenvalue weighted by Crippen LogP contribution is 2.26. The SMILES string of the molecule is O=NC1Cc2c(F)cccc2C1=O. The smallest absolute Gasteiger partial charge is 0.191 e. The molecule has 0 amide bonds. The van der Waals surface area contributed by atoms with Crippen LogP contribution in [0.4, 0.5) is 4.39 Å². The molecule has 0 spiro atoms. The summed E-state index contributed by atoms with van der Waals surface area (Å²) in [4.78, 5) is 21.5. The lowest BCUT2D eigenvalue weighted by Gasteiger charge is -1.95. The summed E-state index contributed by atoms with van der Waals surface area (Å²) >= 11 is 0. The number of ketones is 1. The van der Waals surface area contributed by atoms with Crippen LogP contribution in [0.2, 0.25) is 0 Å². The van der Waals surface area contributed by atoms with Gasteiger partial charge < -0.3 is 0 Å². The van der Waals surface area contributed by atoms with Gasteiger partial charge in [0, 0.05) is 17.5 Å². The van der Waals surface area contributed by atoms with Gasteiger partial charge >= 0.3 is 0 Å². The van der Waals surface area contributed by atoms with Gasteiger partial charge in [0.25, 0.3) is 0 Å². The van der Waals surface area contributed by atoms with E-state index < -0.39 is 11.9 Å². The molecule has 0 aromatic heterocycles. The fourth-order valence-corrected chi connectivity index (χ4v) is 1.55. The first-order chi connectivity index (χ1) is 6.24. The Morgan fingerprint density at radius 2 is 2.23 bits per heavy atom. The predicted octanol–water partition coefficient (Wildman–Crippen LogP) is 1.70. The molecule has 0 N–H and O–H groups in total. The Kier molecular flexibility index (Phi) is 1.69. The largest absolute Gasteiger partial charge is 0.292 e. The number of carbonyl (C=O) groups excluding carboxylic acids is 1. The Balaban J connectivity index is 2.55. The van der Waals surface area contributed by atoms with Crippen LogP contribution in [0.25, 0.3) is 0 Å². The van der Waals surface area contributed by atoms with Gasteiger partial charge in [0.05, 0.1) is 0 Å². The number of carbonyl (C=O) groups is 1. The second-order valence-electron chi connectivity index (χ2n) is 2.96. The zero-order valence-electron chi connectivity index (χ0n) is 6.66. The summed E-state index contributed by atoms with van der Waals surface area (Å²) in [6, 6.07) is 3.33. The van der Waals surface area contributed by atoms with Gasteiger partial charge in [-0.15, -0.1) is 0 Å². The number of benzene rings is 1. The molecule has 0 bridgehead atoms. The summed E-state index contributed by atoms with van der Waals surface area (Å²) in [5, 5.41) is 2.66. The van der Waals surface area contributed by atoms with E-state index in [9.17, 15) is 14.1 Å². The molecule has 1 aromatic carbocycles. The molecule has 0 radical (unpaired) electrons. The summed E-state index contributed by atoms with van der Waals surface area (Å²) in [6.07, 6.45) is 0.102. The van der Waals surface area contributed by atoms with Gasteiger partial charge in [0.2, 0.25) is 0 Å². The van der Waals surface area contributed by atoms with Crippen molar-refractivity contribution in [3.8, 4) is 0 Å². The van der Waals surface area contributed by atoms with Crippen LogP contribution in [-0.4, -0.2) is 11.8 Å². The van der Waals surface area contributed by atoms with E-state index in [0.717, 1.165) is 0 Å². The Labute approximate surface area is 73.5 Å². The number of fused-ring (bicyclic) bond motifs is 1. The highest BCUT2D eigenvalue weighted by Gasteiger charge is 2.33. The number of Topliss-reactive ketones (excluding diaryl/α,β-unsaturated/α-hetero) is 1. The van der Waals surface area contributed by atoms with Crippen molar-refractivity contribution in [3.63, 3.8) is 0 Å². The van der Waals surface area contributed by atoms with Crippen molar-refractivity contribution in [2.75, 3.05) is 0 Å². The zero-order valence-corrected chi connectivity index (χ0v) is 6.66. The molecule has 0 saturated carbocycles. The van der Waals surface area contributed by atoms with Crippen molar-refractivity contribution < 1.29 is 9.18 Å². The highest BCUT2D eigenvalue weighted by atomic mass is 19.1. The number of halogens is 1. The monoisotopic (exact) mass is 179 g/mol. The van der Waals surface area contributed by atoms with Crippen molar-refractivity contribution in [2.24, 2.45) is 5.18 Å². The summed E-state index contributed by atoms with van der Waals surface area (Å²) in [7, 11) is 0. The summed E-state index contributed by atoms with van der Waals surface area (Å²) in [6.45, 7) is 0. The summed E-state index contributed by atoms with van der Waals surface area (Å²) in [5.74, 6) is -0.804. The zero-order chi connectivity index (χ0) is 9.42. The number of hydrogen-bond donors (Lipinski definition) is 0. The molecule has 1 aliphatic carbocycles. The molecule has 2 rings (SSSR count). The minimum atomic E-state index is -0.924. The van der Waals surface area contributed by atoms with Crippen molar-refractivity contribution in [2.45, 2.75) is 12.5 Å². The lowest BCUT2D eigenvalue weighted by atomic mass is 10.1. The first kappa shape index (κ1) is 8.04. The van der Waals surface area contributed by atoms with Gasteiger partial charge in [-0.3, -0.25) is 4.79 Å². The molecule has 1 unspecified atom stereocenters. The normalized spacial score (nSPS) is 20.1. The Morgan fingerprint density at radius 1 is 1.46 bits per heavy atom. The number of nitrogens with zero attached hydrogens (tertiary/aromatic N) is 1. The molecule has 0 heterocycles. The number of rotatable bonds is 1. The molecule has 0 aliphatic heterocycles. The van der Waals surface area contributed by atoms with Crippen LogP contribution in [0.5, 0.6) is 0 Å². The van der Waals surface area contributed by atoms with Crippen molar-refractivity contribution in [1.82, 2.24) is 0 Å². The lowest BCUT2D eigenvalue weighted by molar-refractivity contribution is 0.0975. The summed E-state index contributed by atoms with van der Waals surface area (Å²) < 4.78 is 13.1. The van der Waals surface area contributed by atoms with E-state index in [1.807, 2.05) is 0 Å². The van der Waals surface area contributed by atoms with Gasteiger partial charge in [0.1, 0.15) is 5.82 Å². The van der Waals surface area contributed by atoms with Crippen LogP contribution in [-0.2, 0) is 6.42 Å². The second-order valence-corrected chi connectivity index (χ2v) is 2.96. The molecule has 13 heavy (non-hydrogen) atoms. The fraction of sp³-hybridized carbons (Fsp3) is 0.222. The average Bonchev–Trinajstić information content (AvgIpc) is 2.45. The van der Waals surface area contributed by atoms with Crippen LogP contribution in [0, 0.1) is 10.7 Å². The molecule has 1 aromatic rings. The maximum atomic E-state index is 13.1. The van der Waals surface area contributed by atoms with E-state index in [2.05, 4.69) is 5.18 Å². The molecule has 1 atom stereocenters. The molecular weight excluding hydrogens is 173 g/mol. The van der Waals surface area contributed by atoms with Gasteiger partial charge in [-0.1, -0.05) is 17.3 Å². The molecule has 3 nitrogen and oxygen atoms in total. The van der Waals surface area contributed by atoms with Crippen molar-refractivity contribution in [3.05, 3.63) is 40.1 Å². The van der Waals surface area contributed by atoms with Gasteiger partial charge in [-0.2, -0.15) is 4.91 Å². The predicted molar refractivity (Wildman–Crippen MR) is 44.0 cm³/mol. The van der Waals surface area contributed by atoms with Gasteiger partial charge in [0.15, 0.2) is 11.8 Å². The van der Waals surface area contributed by atoms with Crippen molar-refractivity contribution >= 4 is 5.78 Å². The maximum absolute atomic E-state index is 13.1.